The average molecular weight is 530 g/mol. The van der Waals surface area contributed by atoms with Crippen molar-refractivity contribution in [3.63, 3.8) is 0 Å². The van der Waals surface area contributed by atoms with Crippen LogP contribution in [0.1, 0.15) is 15.9 Å². The van der Waals surface area contributed by atoms with Gasteiger partial charge in [0, 0.05) is 39.8 Å². The third-order valence-electron chi connectivity index (χ3n) is 4.06. The Hall–Kier alpha value is -2.14. The molecule has 2 aromatic carbocycles. The van der Waals surface area contributed by atoms with Crippen molar-refractivity contribution < 1.29 is 13.2 Å². The first-order chi connectivity index (χ1) is 13.3. The molecular formula is C20H27IN4O3S. The van der Waals surface area contributed by atoms with E-state index in [2.05, 4.69) is 15.6 Å². The van der Waals surface area contributed by atoms with Gasteiger partial charge >= 0.3 is 0 Å². The lowest BCUT2D eigenvalue weighted by Crippen LogP contribution is -2.39. The molecule has 0 aliphatic carbocycles. The minimum absolute atomic E-state index is 0. The van der Waals surface area contributed by atoms with Gasteiger partial charge in [0.25, 0.3) is 5.91 Å². The number of amides is 1. The molecule has 2 N–H and O–H groups in total. The summed E-state index contributed by atoms with van der Waals surface area (Å²) < 4.78 is 24.6. The maximum absolute atomic E-state index is 12.3. The monoisotopic (exact) mass is 530 g/mol. The standard InChI is InChI=1S/C20H26N4O3S.HI/c1-21-20(22-13-14-28(26,27)18-7-5-4-6-8-18)23-15-16-9-11-17(12-10-16)19(25)24(2)3;/h4-12H,13-15H2,1-3H3,(H2,21,22,23);1H. The molecule has 0 aliphatic rings. The molecule has 0 bridgehead atoms. The summed E-state index contributed by atoms with van der Waals surface area (Å²) in [6, 6.07) is 15.7. The van der Waals surface area contributed by atoms with Crippen molar-refractivity contribution in [1.29, 1.82) is 0 Å². The molecule has 29 heavy (non-hydrogen) atoms. The number of nitrogens with zero attached hydrogens (tertiary/aromatic N) is 2. The number of carbonyl (C=O) groups is 1. The van der Waals surface area contributed by atoms with Crippen LogP contribution >= 0.6 is 24.0 Å². The number of nitrogens with one attached hydrogen (secondary N) is 2. The highest BCUT2D eigenvalue weighted by molar-refractivity contribution is 14.0. The van der Waals surface area contributed by atoms with Crippen LogP contribution < -0.4 is 10.6 Å². The summed E-state index contributed by atoms with van der Waals surface area (Å²) in [6.45, 7) is 0.745. The van der Waals surface area contributed by atoms with Crippen molar-refractivity contribution in [2.45, 2.75) is 11.4 Å². The number of aliphatic imine (C=N–C) groups is 1. The minimum atomic E-state index is -3.33. The highest BCUT2D eigenvalue weighted by atomic mass is 127. The van der Waals surface area contributed by atoms with Crippen LogP contribution in [0, 0.1) is 0 Å². The fourth-order valence-electron chi connectivity index (χ4n) is 2.48. The smallest absolute Gasteiger partial charge is 0.253 e. The summed E-state index contributed by atoms with van der Waals surface area (Å²) in [4.78, 5) is 17.8. The van der Waals surface area contributed by atoms with E-state index in [-0.39, 0.29) is 42.2 Å². The van der Waals surface area contributed by atoms with E-state index in [0.29, 0.717) is 23.0 Å². The fourth-order valence-corrected chi connectivity index (χ4v) is 3.66. The molecule has 0 spiro atoms. The van der Waals surface area contributed by atoms with Crippen LogP contribution in [-0.4, -0.2) is 58.6 Å². The summed E-state index contributed by atoms with van der Waals surface area (Å²) in [5.41, 5.74) is 1.61. The van der Waals surface area contributed by atoms with E-state index in [1.54, 1.807) is 63.6 Å². The Balaban J connectivity index is 0.00000420. The van der Waals surface area contributed by atoms with Crippen LogP contribution in [0.2, 0.25) is 0 Å². The van der Waals surface area contributed by atoms with Gasteiger partial charge in [0.1, 0.15) is 0 Å². The molecule has 0 atom stereocenters. The molecule has 0 aliphatic heterocycles. The van der Waals surface area contributed by atoms with Gasteiger partial charge in [-0.1, -0.05) is 30.3 Å². The molecule has 0 aromatic heterocycles. The van der Waals surface area contributed by atoms with Gasteiger partial charge in [0.05, 0.1) is 10.6 Å². The molecule has 0 saturated heterocycles. The lowest BCUT2D eigenvalue weighted by molar-refractivity contribution is 0.0827. The van der Waals surface area contributed by atoms with Crippen LogP contribution in [0.15, 0.2) is 64.5 Å². The first-order valence-corrected chi connectivity index (χ1v) is 10.5. The minimum Gasteiger partial charge on any atom is -0.355 e. The van der Waals surface area contributed by atoms with Gasteiger partial charge < -0.3 is 15.5 Å². The highest BCUT2D eigenvalue weighted by Gasteiger charge is 2.13. The van der Waals surface area contributed by atoms with Crippen molar-refractivity contribution >= 4 is 45.7 Å². The van der Waals surface area contributed by atoms with Crippen LogP contribution in [0.5, 0.6) is 0 Å². The summed E-state index contributed by atoms with van der Waals surface area (Å²) >= 11 is 0. The van der Waals surface area contributed by atoms with Gasteiger partial charge in [0.2, 0.25) is 0 Å². The molecular weight excluding hydrogens is 503 g/mol. The van der Waals surface area contributed by atoms with Crippen LogP contribution in [-0.2, 0) is 16.4 Å². The Bertz CT molecular complexity index is 915. The molecule has 2 aromatic rings. The molecule has 0 fully saturated rings. The van der Waals surface area contributed by atoms with E-state index in [0.717, 1.165) is 5.56 Å². The van der Waals surface area contributed by atoms with E-state index in [9.17, 15) is 13.2 Å². The number of hydrogen-bond donors (Lipinski definition) is 2. The van der Waals surface area contributed by atoms with E-state index in [1.807, 2.05) is 12.1 Å². The molecule has 0 unspecified atom stereocenters. The van der Waals surface area contributed by atoms with Crippen molar-refractivity contribution in [2.24, 2.45) is 4.99 Å². The Kier molecular flexibility index (Phi) is 10.1. The lowest BCUT2D eigenvalue weighted by Gasteiger charge is -2.13. The molecule has 2 rings (SSSR count). The van der Waals surface area contributed by atoms with Crippen molar-refractivity contribution in [2.75, 3.05) is 33.4 Å². The second-order valence-electron chi connectivity index (χ2n) is 6.38. The average Bonchev–Trinajstić information content (AvgIpc) is 2.71. The Morgan fingerprint density at radius 1 is 1.00 bits per heavy atom. The Labute approximate surface area is 189 Å². The number of guanidine groups is 1. The van der Waals surface area contributed by atoms with Gasteiger partial charge in [-0.05, 0) is 29.8 Å². The number of benzene rings is 2. The summed E-state index contributed by atoms with van der Waals surface area (Å²) in [5, 5.41) is 6.14. The first kappa shape index (κ1) is 24.9. The van der Waals surface area contributed by atoms with Crippen molar-refractivity contribution in [3.8, 4) is 0 Å². The number of sulfone groups is 1. The van der Waals surface area contributed by atoms with Gasteiger partial charge in [-0.15, -0.1) is 24.0 Å². The van der Waals surface area contributed by atoms with E-state index in [4.69, 9.17) is 0 Å². The maximum Gasteiger partial charge on any atom is 0.253 e. The first-order valence-electron chi connectivity index (χ1n) is 8.86. The Morgan fingerprint density at radius 3 is 2.17 bits per heavy atom. The zero-order chi connectivity index (χ0) is 20.6. The normalized spacial score (nSPS) is 11.3. The molecule has 9 heteroatoms. The summed E-state index contributed by atoms with van der Waals surface area (Å²) in [6.07, 6.45) is 0. The predicted octanol–water partition coefficient (Wildman–Crippen LogP) is 2.15. The number of halogens is 1. The fraction of sp³-hybridized carbons (Fsp3) is 0.300. The van der Waals surface area contributed by atoms with E-state index in [1.165, 1.54) is 4.90 Å². The van der Waals surface area contributed by atoms with Gasteiger partial charge in [-0.25, -0.2) is 8.42 Å². The predicted molar refractivity (Wildman–Crippen MR) is 127 cm³/mol. The van der Waals surface area contributed by atoms with Crippen LogP contribution in [0.25, 0.3) is 0 Å². The zero-order valence-electron chi connectivity index (χ0n) is 16.8. The molecule has 7 nitrogen and oxygen atoms in total. The van der Waals surface area contributed by atoms with E-state index >= 15 is 0 Å². The molecule has 0 radical (unpaired) electrons. The number of hydrogen-bond acceptors (Lipinski definition) is 4. The molecule has 158 valence electrons. The number of carbonyl (C=O) groups excluding carboxylic acids is 1. The third kappa shape index (κ3) is 7.65. The topological polar surface area (TPSA) is 90.9 Å². The molecule has 0 heterocycles. The summed E-state index contributed by atoms with van der Waals surface area (Å²) in [7, 11) is 1.72. The van der Waals surface area contributed by atoms with Crippen molar-refractivity contribution in [3.05, 3.63) is 65.7 Å². The van der Waals surface area contributed by atoms with Gasteiger partial charge in [-0.2, -0.15) is 0 Å². The maximum atomic E-state index is 12.3. The largest absolute Gasteiger partial charge is 0.355 e. The second-order valence-corrected chi connectivity index (χ2v) is 8.49. The van der Waals surface area contributed by atoms with Crippen LogP contribution in [0.4, 0.5) is 0 Å². The second kappa shape index (κ2) is 11.8. The summed E-state index contributed by atoms with van der Waals surface area (Å²) in [5.74, 6) is 0.437. The molecule has 1 amide bonds. The highest BCUT2D eigenvalue weighted by Crippen LogP contribution is 2.09. The Morgan fingerprint density at radius 2 is 1.62 bits per heavy atom. The quantitative estimate of drug-likeness (QED) is 0.325. The third-order valence-corrected chi connectivity index (χ3v) is 5.79. The zero-order valence-corrected chi connectivity index (χ0v) is 19.9. The van der Waals surface area contributed by atoms with Crippen LogP contribution in [0.3, 0.4) is 0 Å². The molecule has 0 saturated carbocycles. The number of rotatable bonds is 7. The SMILES string of the molecule is CN=C(NCCS(=O)(=O)c1ccccc1)NCc1ccc(C(=O)N(C)C)cc1.I. The van der Waals surface area contributed by atoms with Crippen molar-refractivity contribution in [1.82, 2.24) is 15.5 Å². The van der Waals surface area contributed by atoms with Gasteiger partial charge in [-0.3, -0.25) is 9.79 Å². The van der Waals surface area contributed by atoms with Gasteiger partial charge in [0.15, 0.2) is 15.8 Å². The van der Waals surface area contributed by atoms with E-state index < -0.39 is 9.84 Å². The lowest BCUT2D eigenvalue weighted by atomic mass is 10.1.